The van der Waals surface area contributed by atoms with Crippen LogP contribution in [0.1, 0.15) is 50.5 Å². The molecular formula is C26H30Cl2FN3O4. The first-order valence-corrected chi connectivity index (χ1v) is 13.0. The number of aliphatic hydroxyl groups excluding tert-OH is 1. The Hall–Kier alpha value is -2.26. The lowest BCUT2D eigenvalue weighted by atomic mass is 9.77. The average molecular weight is 538 g/mol. The topological polar surface area (TPSA) is 95.7 Å². The van der Waals surface area contributed by atoms with E-state index in [4.69, 9.17) is 23.2 Å². The number of carbonyl (C=O) groups is 1. The van der Waals surface area contributed by atoms with E-state index < -0.39 is 46.8 Å². The first kappa shape index (κ1) is 26.8. The minimum atomic E-state index is -1.56. The largest absolute Gasteiger partial charge is 0.394 e. The number of carbonyl (C=O) groups excluding carboxylic acids is 1. The quantitative estimate of drug-likeness (QED) is 0.358. The zero-order valence-electron chi connectivity index (χ0n) is 20.0. The number of likely N-dealkylation sites (tertiary alicyclic amines) is 1. The molecule has 36 heavy (non-hydrogen) atoms. The second kappa shape index (κ2) is 11.0. The number of amides is 1. The molecule has 2 aliphatic rings. The molecule has 10 heteroatoms. The zero-order valence-corrected chi connectivity index (χ0v) is 21.5. The Morgan fingerprint density at radius 1 is 1.22 bits per heavy atom. The van der Waals surface area contributed by atoms with E-state index in [1.165, 1.54) is 18.2 Å². The van der Waals surface area contributed by atoms with Crippen LogP contribution < -0.4 is 5.32 Å². The molecule has 4 atom stereocenters. The molecule has 4 rings (SSSR count). The lowest BCUT2D eigenvalue weighted by molar-refractivity contribution is -0.528. The maximum atomic E-state index is 15.4. The molecule has 2 aromatic rings. The van der Waals surface area contributed by atoms with Crippen LogP contribution in [0.15, 0.2) is 42.5 Å². The first-order chi connectivity index (χ1) is 17.2. The van der Waals surface area contributed by atoms with Gasteiger partial charge in [-0.2, -0.15) is 0 Å². The molecule has 1 aliphatic heterocycles. The molecule has 0 spiro atoms. The first-order valence-electron chi connectivity index (χ1n) is 12.2. The van der Waals surface area contributed by atoms with Crippen LogP contribution in [-0.4, -0.2) is 51.6 Å². The van der Waals surface area contributed by atoms with Crippen molar-refractivity contribution in [2.45, 2.75) is 62.6 Å². The third-order valence-corrected chi connectivity index (χ3v) is 8.33. The van der Waals surface area contributed by atoms with E-state index in [1.807, 2.05) is 0 Å². The number of aliphatic hydroxyl groups is 1. The van der Waals surface area contributed by atoms with Gasteiger partial charge in [-0.3, -0.25) is 19.8 Å². The monoisotopic (exact) mass is 537 g/mol. The van der Waals surface area contributed by atoms with Crippen molar-refractivity contribution >= 4 is 34.8 Å². The van der Waals surface area contributed by atoms with Crippen molar-refractivity contribution < 1.29 is 19.2 Å². The highest BCUT2D eigenvalue weighted by molar-refractivity contribution is 6.31. The van der Waals surface area contributed by atoms with Gasteiger partial charge in [-0.05, 0) is 49.9 Å². The lowest BCUT2D eigenvalue weighted by Crippen LogP contribution is -2.57. The van der Waals surface area contributed by atoms with Crippen molar-refractivity contribution in [1.29, 1.82) is 0 Å². The maximum Gasteiger partial charge on any atom is 0.245 e. The fraction of sp³-hybridized carbons (Fsp3) is 0.500. The molecule has 194 valence electrons. The normalized spacial score (nSPS) is 27.2. The summed E-state index contributed by atoms with van der Waals surface area (Å²) >= 11 is 12.2. The smallest absolute Gasteiger partial charge is 0.245 e. The van der Waals surface area contributed by atoms with E-state index in [0.29, 0.717) is 17.3 Å². The fourth-order valence-electron chi connectivity index (χ4n) is 6.05. The molecule has 2 fully saturated rings. The van der Waals surface area contributed by atoms with Crippen LogP contribution in [0.3, 0.4) is 0 Å². The van der Waals surface area contributed by atoms with Gasteiger partial charge in [0, 0.05) is 27.7 Å². The summed E-state index contributed by atoms with van der Waals surface area (Å²) in [5, 5.41) is 25.9. The van der Waals surface area contributed by atoms with Gasteiger partial charge in [-0.15, -0.1) is 0 Å². The number of rotatable bonds is 7. The molecule has 1 aliphatic carbocycles. The molecule has 2 N–H and O–H groups in total. The third kappa shape index (κ3) is 4.96. The number of halogens is 3. The maximum absolute atomic E-state index is 15.4. The Morgan fingerprint density at radius 3 is 2.56 bits per heavy atom. The van der Waals surface area contributed by atoms with Gasteiger partial charge in [0.25, 0.3) is 0 Å². The highest BCUT2D eigenvalue weighted by Crippen LogP contribution is 2.49. The van der Waals surface area contributed by atoms with Gasteiger partial charge in [-0.1, -0.05) is 60.7 Å². The van der Waals surface area contributed by atoms with Gasteiger partial charge in [0.05, 0.1) is 17.5 Å². The number of hydrogen-bond donors (Lipinski definition) is 2. The van der Waals surface area contributed by atoms with Crippen molar-refractivity contribution in [3.8, 4) is 0 Å². The van der Waals surface area contributed by atoms with E-state index in [0.717, 1.165) is 32.1 Å². The van der Waals surface area contributed by atoms with E-state index in [-0.39, 0.29) is 16.5 Å². The van der Waals surface area contributed by atoms with E-state index in [1.54, 1.807) is 36.1 Å². The van der Waals surface area contributed by atoms with E-state index in [2.05, 4.69) is 5.32 Å². The van der Waals surface area contributed by atoms with Crippen molar-refractivity contribution in [3.05, 3.63) is 74.0 Å². The second-order valence-corrected chi connectivity index (χ2v) is 10.8. The standard InChI is InChI=1S/C26H30Cl2FN3O4/c1-26(25(34)30-18-10-5-9-17(27)13-18)22(19-11-6-12-20(28)23(19)29)24(32(35)36)21(15-33)31(26)14-16-7-3-2-4-8-16/h5-6,9-13,16,21-22,24,33H,2-4,7-8,14-15H2,1H3,(H,30,34)/t21-,22-,24+,26+/m0/s1. The molecule has 0 bridgehead atoms. The molecule has 0 aromatic heterocycles. The Kier molecular flexibility index (Phi) is 8.19. The van der Waals surface area contributed by atoms with Crippen molar-refractivity contribution in [2.24, 2.45) is 5.92 Å². The van der Waals surface area contributed by atoms with Crippen molar-refractivity contribution in [3.63, 3.8) is 0 Å². The minimum Gasteiger partial charge on any atom is -0.394 e. The Labute approximate surface area is 219 Å². The molecular weight excluding hydrogens is 508 g/mol. The molecule has 7 nitrogen and oxygen atoms in total. The molecule has 0 unspecified atom stereocenters. The Balaban J connectivity index is 1.86. The van der Waals surface area contributed by atoms with Crippen molar-refractivity contribution in [1.82, 2.24) is 4.90 Å². The molecule has 2 aromatic carbocycles. The highest BCUT2D eigenvalue weighted by atomic mass is 35.5. The third-order valence-electron chi connectivity index (χ3n) is 7.81. The summed E-state index contributed by atoms with van der Waals surface area (Å²) in [6.45, 7) is 1.44. The van der Waals surface area contributed by atoms with Crippen LogP contribution in [0.2, 0.25) is 10.0 Å². The van der Waals surface area contributed by atoms with Gasteiger partial charge in [0.1, 0.15) is 17.4 Å². The summed E-state index contributed by atoms with van der Waals surface area (Å²) in [6.07, 6.45) is 5.07. The molecule has 1 saturated heterocycles. The average Bonchev–Trinajstić information content (AvgIpc) is 3.10. The number of benzene rings is 2. The van der Waals surface area contributed by atoms with Crippen LogP contribution in [-0.2, 0) is 4.79 Å². The Morgan fingerprint density at radius 2 is 1.92 bits per heavy atom. The van der Waals surface area contributed by atoms with Gasteiger partial charge < -0.3 is 10.4 Å². The SMILES string of the molecule is C[C@]1(C(=O)Nc2cccc(Cl)c2)[C@@H](c2cccc(Cl)c2F)[C@H]([N+](=O)[O-])[C@H](CO)N1CC1CCCCC1. The number of nitro groups is 1. The van der Waals surface area contributed by atoms with Gasteiger partial charge in [-0.25, -0.2) is 4.39 Å². The zero-order chi connectivity index (χ0) is 26.0. The predicted molar refractivity (Wildman–Crippen MR) is 138 cm³/mol. The van der Waals surface area contributed by atoms with Gasteiger partial charge in [0.2, 0.25) is 11.9 Å². The number of nitrogens with zero attached hydrogens (tertiary/aromatic N) is 2. The molecule has 1 saturated carbocycles. The van der Waals surface area contributed by atoms with Crippen LogP contribution in [0.25, 0.3) is 0 Å². The summed E-state index contributed by atoms with van der Waals surface area (Å²) in [7, 11) is 0. The number of nitrogens with one attached hydrogen (secondary N) is 1. The second-order valence-electron chi connectivity index (χ2n) is 9.91. The molecule has 1 heterocycles. The summed E-state index contributed by atoms with van der Waals surface area (Å²) < 4.78 is 15.4. The summed E-state index contributed by atoms with van der Waals surface area (Å²) in [5.74, 6) is -2.32. The minimum absolute atomic E-state index is 0.0162. The van der Waals surface area contributed by atoms with Crippen molar-refractivity contribution in [2.75, 3.05) is 18.5 Å². The van der Waals surface area contributed by atoms with Crippen LogP contribution in [0.5, 0.6) is 0 Å². The van der Waals surface area contributed by atoms with Crippen LogP contribution in [0, 0.1) is 21.8 Å². The molecule has 1 amide bonds. The summed E-state index contributed by atoms with van der Waals surface area (Å²) in [6, 6.07) is 8.49. The number of hydrogen-bond acceptors (Lipinski definition) is 5. The van der Waals surface area contributed by atoms with Crippen LogP contribution >= 0.6 is 23.2 Å². The lowest BCUT2D eigenvalue weighted by Gasteiger charge is -2.41. The van der Waals surface area contributed by atoms with Crippen LogP contribution in [0.4, 0.5) is 10.1 Å². The fourth-order valence-corrected chi connectivity index (χ4v) is 6.42. The summed E-state index contributed by atoms with van der Waals surface area (Å²) in [5.41, 5.74) is -1.16. The van der Waals surface area contributed by atoms with Gasteiger partial charge >= 0.3 is 0 Å². The summed E-state index contributed by atoms with van der Waals surface area (Å²) in [4.78, 5) is 27.8. The van der Waals surface area contributed by atoms with E-state index >= 15 is 4.39 Å². The van der Waals surface area contributed by atoms with Gasteiger partial charge in [0.15, 0.2) is 0 Å². The highest BCUT2D eigenvalue weighted by Gasteiger charge is 2.66. The van der Waals surface area contributed by atoms with E-state index in [9.17, 15) is 20.0 Å². The number of anilines is 1. The predicted octanol–water partition coefficient (Wildman–Crippen LogP) is 5.52. The molecule has 0 radical (unpaired) electrons. The Bertz CT molecular complexity index is 1130.